The van der Waals surface area contributed by atoms with Crippen molar-refractivity contribution < 1.29 is 19.7 Å². The van der Waals surface area contributed by atoms with E-state index in [0.29, 0.717) is 24.2 Å². The molecule has 0 spiro atoms. The van der Waals surface area contributed by atoms with Crippen molar-refractivity contribution in [2.24, 2.45) is 5.92 Å². The van der Waals surface area contributed by atoms with E-state index in [9.17, 15) is 9.90 Å². The first kappa shape index (κ1) is 13.8. The number of aliphatic hydroxyl groups is 2. The van der Waals surface area contributed by atoms with Gasteiger partial charge >= 0.3 is 0 Å². The molecule has 0 saturated heterocycles. The summed E-state index contributed by atoms with van der Waals surface area (Å²) in [5.41, 5.74) is 0.479. The number of hydrogen-bond donors (Lipinski definition) is 3. The van der Waals surface area contributed by atoms with Crippen molar-refractivity contribution >= 4 is 5.91 Å². The number of hydrogen-bond acceptors (Lipinski definition) is 4. The topological polar surface area (TPSA) is 78.8 Å². The molecule has 0 aromatic heterocycles. The summed E-state index contributed by atoms with van der Waals surface area (Å²) in [6.45, 7) is -0.0534. The molecule has 3 N–H and O–H groups in total. The smallest absolute Gasteiger partial charge is 0.255 e. The van der Waals surface area contributed by atoms with Crippen LogP contribution >= 0.6 is 0 Å². The van der Waals surface area contributed by atoms with Crippen molar-refractivity contribution in [2.45, 2.75) is 25.0 Å². The summed E-state index contributed by atoms with van der Waals surface area (Å²) in [4.78, 5) is 12.1. The first-order valence-corrected chi connectivity index (χ1v) is 6.38. The van der Waals surface area contributed by atoms with E-state index >= 15 is 0 Å². The quantitative estimate of drug-likeness (QED) is 0.743. The number of carbonyl (C=O) groups excluding carboxylic acids is 1. The molecule has 1 amide bonds. The highest BCUT2D eigenvalue weighted by Crippen LogP contribution is 2.26. The van der Waals surface area contributed by atoms with Gasteiger partial charge in [-0.15, -0.1) is 0 Å². The lowest BCUT2D eigenvalue weighted by Crippen LogP contribution is -2.33. The third-order valence-corrected chi connectivity index (χ3v) is 3.58. The molecule has 0 radical (unpaired) electrons. The first-order chi connectivity index (χ1) is 9.15. The van der Waals surface area contributed by atoms with Crippen LogP contribution in [0.5, 0.6) is 5.75 Å². The molecule has 0 heterocycles. The van der Waals surface area contributed by atoms with Gasteiger partial charge in [-0.2, -0.15) is 0 Å². The van der Waals surface area contributed by atoms with Crippen molar-refractivity contribution in [3.8, 4) is 5.75 Å². The molecule has 1 fully saturated rings. The maximum absolute atomic E-state index is 12.1. The number of methoxy groups -OCH3 is 1. The van der Waals surface area contributed by atoms with Gasteiger partial charge in [0.15, 0.2) is 0 Å². The minimum Gasteiger partial charge on any atom is -0.496 e. The maximum atomic E-state index is 12.1. The van der Waals surface area contributed by atoms with Gasteiger partial charge in [0.05, 0.1) is 18.8 Å². The average Bonchev–Trinajstić information content (AvgIpc) is 2.78. The van der Waals surface area contributed by atoms with Gasteiger partial charge in [0.1, 0.15) is 5.75 Å². The molecule has 1 saturated carbocycles. The van der Waals surface area contributed by atoms with Crippen LogP contribution in [-0.4, -0.2) is 42.0 Å². The zero-order chi connectivity index (χ0) is 13.8. The van der Waals surface area contributed by atoms with Crippen molar-refractivity contribution in [3.63, 3.8) is 0 Å². The maximum Gasteiger partial charge on any atom is 0.255 e. The highest BCUT2D eigenvalue weighted by Gasteiger charge is 2.33. The Morgan fingerprint density at radius 1 is 1.42 bits per heavy atom. The van der Waals surface area contributed by atoms with Gasteiger partial charge in [0, 0.05) is 18.6 Å². The Morgan fingerprint density at radius 2 is 2.16 bits per heavy atom. The molecule has 5 heteroatoms. The third-order valence-electron chi connectivity index (χ3n) is 3.58. The number of nitrogens with one attached hydrogen (secondary N) is 1. The number of ether oxygens (including phenoxy) is 1. The number of rotatable bonds is 4. The second kappa shape index (κ2) is 6.04. The summed E-state index contributed by atoms with van der Waals surface area (Å²) in [6.07, 6.45) is 0.526. The van der Waals surface area contributed by atoms with Crippen molar-refractivity contribution in [1.82, 2.24) is 5.32 Å². The second-order valence-corrected chi connectivity index (χ2v) is 4.85. The van der Waals surface area contributed by atoms with Gasteiger partial charge in [-0.3, -0.25) is 4.79 Å². The summed E-state index contributed by atoms with van der Waals surface area (Å²) in [5, 5.41) is 21.7. The van der Waals surface area contributed by atoms with Crippen molar-refractivity contribution in [1.29, 1.82) is 0 Å². The van der Waals surface area contributed by atoms with Crippen molar-refractivity contribution in [2.75, 3.05) is 13.7 Å². The van der Waals surface area contributed by atoms with Gasteiger partial charge in [0.2, 0.25) is 0 Å². The summed E-state index contributed by atoms with van der Waals surface area (Å²) in [6, 6.07) is 6.90. The SMILES string of the molecule is COc1ccccc1C(=O)N[C@H]1C[C@H](CO)[C@H](O)C1. The van der Waals surface area contributed by atoms with Gasteiger partial charge in [-0.25, -0.2) is 0 Å². The predicted octanol–water partition coefficient (Wildman–Crippen LogP) is 0.557. The molecule has 3 atom stereocenters. The van der Waals surface area contributed by atoms with Crippen LogP contribution < -0.4 is 10.1 Å². The van der Waals surface area contributed by atoms with Gasteiger partial charge in [-0.05, 0) is 25.0 Å². The molecule has 5 nitrogen and oxygen atoms in total. The molecule has 1 aromatic carbocycles. The molecule has 0 bridgehead atoms. The number of benzene rings is 1. The highest BCUT2D eigenvalue weighted by molar-refractivity contribution is 5.97. The Bertz CT molecular complexity index is 449. The Balaban J connectivity index is 2.02. The normalized spacial score (nSPS) is 26.2. The molecule has 19 heavy (non-hydrogen) atoms. The number of amides is 1. The van der Waals surface area contributed by atoms with E-state index in [-0.39, 0.29) is 24.5 Å². The molecule has 2 rings (SSSR count). The lowest BCUT2D eigenvalue weighted by molar-refractivity contribution is 0.0903. The van der Waals surface area contributed by atoms with Crippen LogP contribution in [0.2, 0.25) is 0 Å². The van der Waals surface area contributed by atoms with E-state index in [2.05, 4.69) is 5.32 Å². The molecule has 104 valence electrons. The summed E-state index contributed by atoms with van der Waals surface area (Å²) in [7, 11) is 1.52. The Hall–Kier alpha value is -1.59. The molecule has 0 unspecified atom stereocenters. The zero-order valence-corrected chi connectivity index (χ0v) is 10.9. The van der Waals surface area contributed by atoms with Crippen LogP contribution in [0.4, 0.5) is 0 Å². The minimum absolute atomic E-state index is 0.0534. The summed E-state index contributed by atoms with van der Waals surface area (Å²) < 4.78 is 5.14. The fourth-order valence-electron chi connectivity index (χ4n) is 2.51. The Kier molecular flexibility index (Phi) is 4.39. The lowest BCUT2D eigenvalue weighted by Gasteiger charge is -2.14. The average molecular weight is 265 g/mol. The van der Waals surface area contributed by atoms with Crippen LogP contribution in [0.1, 0.15) is 23.2 Å². The van der Waals surface area contributed by atoms with E-state index in [0.717, 1.165) is 0 Å². The Morgan fingerprint density at radius 3 is 2.79 bits per heavy atom. The van der Waals surface area contributed by atoms with Crippen molar-refractivity contribution in [3.05, 3.63) is 29.8 Å². The molecular weight excluding hydrogens is 246 g/mol. The summed E-state index contributed by atoms with van der Waals surface area (Å²) in [5.74, 6) is 0.161. The fourth-order valence-corrected chi connectivity index (χ4v) is 2.51. The molecule has 1 aliphatic carbocycles. The standard InChI is InChI=1S/C14H19NO4/c1-19-13-5-3-2-4-11(13)14(18)15-10-6-9(8-16)12(17)7-10/h2-5,9-10,12,16-17H,6-8H2,1H3,(H,15,18)/t9-,10+,12-/m1/s1. The minimum atomic E-state index is -0.548. The predicted molar refractivity (Wildman–Crippen MR) is 70.1 cm³/mol. The van der Waals surface area contributed by atoms with E-state index in [4.69, 9.17) is 9.84 Å². The molecule has 0 aliphatic heterocycles. The van der Waals surface area contributed by atoms with E-state index < -0.39 is 6.10 Å². The van der Waals surface area contributed by atoms with E-state index in [1.165, 1.54) is 7.11 Å². The van der Waals surface area contributed by atoms with Gasteiger partial charge < -0.3 is 20.3 Å². The number of para-hydroxylation sites is 1. The molecule has 1 aromatic rings. The fraction of sp³-hybridized carbons (Fsp3) is 0.500. The second-order valence-electron chi connectivity index (χ2n) is 4.85. The van der Waals surface area contributed by atoms with Crippen LogP contribution in [0.3, 0.4) is 0 Å². The van der Waals surface area contributed by atoms with E-state index in [1.807, 2.05) is 0 Å². The lowest BCUT2D eigenvalue weighted by atomic mass is 10.1. The van der Waals surface area contributed by atoms with Crippen LogP contribution in [0.15, 0.2) is 24.3 Å². The largest absolute Gasteiger partial charge is 0.496 e. The number of carbonyl (C=O) groups is 1. The van der Waals surface area contributed by atoms with E-state index in [1.54, 1.807) is 24.3 Å². The third kappa shape index (κ3) is 3.05. The highest BCUT2D eigenvalue weighted by atomic mass is 16.5. The zero-order valence-electron chi connectivity index (χ0n) is 10.9. The van der Waals surface area contributed by atoms with Crippen LogP contribution in [-0.2, 0) is 0 Å². The first-order valence-electron chi connectivity index (χ1n) is 6.38. The van der Waals surface area contributed by atoms with Crippen LogP contribution in [0.25, 0.3) is 0 Å². The monoisotopic (exact) mass is 265 g/mol. The molecule has 1 aliphatic rings. The summed E-state index contributed by atoms with van der Waals surface area (Å²) >= 11 is 0. The van der Waals surface area contributed by atoms with Crippen LogP contribution in [0, 0.1) is 5.92 Å². The molecular formula is C14H19NO4. The van der Waals surface area contributed by atoms with Gasteiger partial charge in [0.25, 0.3) is 5.91 Å². The Labute approximate surface area is 112 Å². The van der Waals surface area contributed by atoms with Gasteiger partial charge in [-0.1, -0.05) is 12.1 Å². The number of aliphatic hydroxyl groups excluding tert-OH is 2.